The second-order valence-corrected chi connectivity index (χ2v) is 6.27. The molecule has 0 spiro atoms. The van der Waals surface area contributed by atoms with E-state index in [1.807, 2.05) is 35.9 Å². The van der Waals surface area contributed by atoms with Gasteiger partial charge in [0.25, 0.3) is 0 Å². The molecule has 1 aromatic carbocycles. The average molecular weight is 486 g/mol. The van der Waals surface area contributed by atoms with Gasteiger partial charge < -0.3 is 20.1 Å². The molecule has 0 aliphatic carbocycles. The number of methoxy groups -OCH3 is 1. The van der Waals surface area contributed by atoms with E-state index < -0.39 is 0 Å². The molecule has 0 bridgehead atoms. The van der Waals surface area contributed by atoms with Crippen LogP contribution in [0.5, 0.6) is 11.5 Å². The highest BCUT2D eigenvalue weighted by Gasteiger charge is 2.20. The maximum Gasteiger partial charge on any atom is 0.191 e. The van der Waals surface area contributed by atoms with Gasteiger partial charge in [0.15, 0.2) is 17.5 Å². The molecule has 148 valence electrons. The zero-order valence-corrected chi connectivity index (χ0v) is 18.2. The zero-order valence-electron chi connectivity index (χ0n) is 15.9. The summed E-state index contributed by atoms with van der Waals surface area (Å²) in [6.45, 7) is 3.43. The molecular formula is C18H27IN6O2. The van der Waals surface area contributed by atoms with Crippen LogP contribution in [0.4, 0.5) is 0 Å². The third-order valence-corrected chi connectivity index (χ3v) is 4.32. The van der Waals surface area contributed by atoms with Crippen LogP contribution in [0.25, 0.3) is 0 Å². The summed E-state index contributed by atoms with van der Waals surface area (Å²) in [6, 6.07) is 7.92. The number of aliphatic imine (C=N–C) groups is 1. The van der Waals surface area contributed by atoms with E-state index in [4.69, 9.17) is 9.47 Å². The first kappa shape index (κ1) is 21.3. The number of aryl methyl sites for hydroxylation is 1. The molecule has 8 nitrogen and oxygen atoms in total. The molecule has 2 atom stereocenters. The highest BCUT2D eigenvalue weighted by molar-refractivity contribution is 14.0. The molecule has 2 heterocycles. The Morgan fingerprint density at radius 3 is 2.89 bits per heavy atom. The van der Waals surface area contributed by atoms with E-state index in [0.717, 1.165) is 42.7 Å². The van der Waals surface area contributed by atoms with Gasteiger partial charge in [0.05, 0.1) is 20.2 Å². The smallest absolute Gasteiger partial charge is 0.191 e. The number of nitrogens with zero attached hydrogens (tertiary/aromatic N) is 4. The Labute approximate surface area is 176 Å². The molecule has 0 fully saturated rings. The fourth-order valence-electron chi connectivity index (χ4n) is 2.96. The third-order valence-electron chi connectivity index (χ3n) is 4.32. The number of aromatic nitrogens is 3. The lowest BCUT2D eigenvalue weighted by Gasteiger charge is -2.26. The molecular weight excluding hydrogens is 459 g/mol. The van der Waals surface area contributed by atoms with Crippen LogP contribution in [0.3, 0.4) is 0 Å². The van der Waals surface area contributed by atoms with Crippen molar-refractivity contribution in [3.63, 3.8) is 0 Å². The van der Waals surface area contributed by atoms with Crippen molar-refractivity contribution in [3.05, 3.63) is 36.4 Å². The van der Waals surface area contributed by atoms with Crippen molar-refractivity contribution < 1.29 is 9.47 Å². The number of hydrogen-bond acceptors (Lipinski definition) is 5. The highest BCUT2D eigenvalue weighted by atomic mass is 127. The Kier molecular flexibility index (Phi) is 8.14. The van der Waals surface area contributed by atoms with Crippen LogP contribution in [0, 0.1) is 0 Å². The van der Waals surface area contributed by atoms with Gasteiger partial charge in [-0.3, -0.25) is 4.99 Å². The predicted octanol–water partition coefficient (Wildman–Crippen LogP) is 1.85. The van der Waals surface area contributed by atoms with E-state index in [1.165, 1.54) is 0 Å². The molecule has 1 aromatic heterocycles. The van der Waals surface area contributed by atoms with E-state index in [1.54, 1.807) is 20.5 Å². The molecule has 1 aliphatic heterocycles. The first-order valence-corrected chi connectivity index (χ1v) is 8.83. The first-order valence-electron chi connectivity index (χ1n) is 8.83. The van der Waals surface area contributed by atoms with Crippen LogP contribution in [0.2, 0.25) is 0 Å². The van der Waals surface area contributed by atoms with Gasteiger partial charge in [0, 0.05) is 19.5 Å². The van der Waals surface area contributed by atoms with Gasteiger partial charge >= 0.3 is 0 Å². The fraction of sp³-hybridized carbons (Fsp3) is 0.500. The molecule has 3 rings (SSSR count). The number of nitrogens with one attached hydrogen (secondary N) is 2. The number of rotatable bonds is 6. The Hall–Kier alpha value is -2.04. The summed E-state index contributed by atoms with van der Waals surface area (Å²) in [5, 5.41) is 11.0. The van der Waals surface area contributed by atoms with E-state index >= 15 is 0 Å². The Morgan fingerprint density at radius 1 is 1.37 bits per heavy atom. The lowest BCUT2D eigenvalue weighted by atomic mass is 10.1. The lowest BCUT2D eigenvalue weighted by Crippen LogP contribution is -2.48. The molecule has 0 amide bonds. The molecule has 27 heavy (non-hydrogen) atoms. The minimum Gasteiger partial charge on any atom is -0.493 e. The Morgan fingerprint density at radius 2 is 2.15 bits per heavy atom. The lowest BCUT2D eigenvalue weighted by molar-refractivity contribution is 0.213. The van der Waals surface area contributed by atoms with Crippen molar-refractivity contribution in [2.24, 2.45) is 4.99 Å². The summed E-state index contributed by atoms with van der Waals surface area (Å²) in [6.07, 6.45) is 3.49. The average Bonchev–Trinajstić information content (AvgIpc) is 3.13. The monoisotopic (exact) mass is 486 g/mol. The molecule has 0 radical (unpaired) electrons. The number of benzene rings is 1. The molecule has 0 saturated carbocycles. The molecule has 2 aromatic rings. The summed E-state index contributed by atoms with van der Waals surface area (Å²) in [5.41, 5.74) is 0. The van der Waals surface area contributed by atoms with Gasteiger partial charge in [-0.25, -0.2) is 9.67 Å². The molecule has 1 aliphatic rings. The molecule has 0 saturated heterocycles. The van der Waals surface area contributed by atoms with Crippen LogP contribution in [0.15, 0.2) is 35.6 Å². The first-order chi connectivity index (χ1) is 12.7. The van der Waals surface area contributed by atoms with Crippen molar-refractivity contribution in [2.45, 2.75) is 38.5 Å². The fourth-order valence-corrected chi connectivity index (χ4v) is 2.96. The quantitative estimate of drug-likeness (QED) is 0.369. The van der Waals surface area contributed by atoms with Gasteiger partial charge in [0.2, 0.25) is 0 Å². The van der Waals surface area contributed by atoms with Crippen molar-refractivity contribution >= 4 is 29.9 Å². The van der Waals surface area contributed by atoms with E-state index in [2.05, 4.69) is 25.7 Å². The van der Waals surface area contributed by atoms with Gasteiger partial charge in [-0.15, -0.1) is 24.0 Å². The standard InChI is InChI=1S/C18H26N6O2.HI/c1-13(26-16-7-5-4-6-15(16)25-3)10-20-18(19-2)23-14-8-9-17-21-12-22-24(17)11-14;/h4-7,12-14H,8-11H2,1-3H3,(H2,19,20,23);1H. The topological polar surface area (TPSA) is 85.6 Å². The van der Waals surface area contributed by atoms with Crippen molar-refractivity contribution in [1.29, 1.82) is 0 Å². The summed E-state index contributed by atoms with van der Waals surface area (Å²) < 4.78 is 13.2. The van der Waals surface area contributed by atoms with Crippen LogP contribution in [0.1, 0.15) is 19.2 Å². The van der Waals surface area contributed by atoms with Gasteiger partial charge in [0.1, 0.15) is 18.3 Å². The van der Waals surface area contributed by atoms with Crippen molar-refractivity contribution in [1.82, 2.24) is 25.4 Å². The number of fused-ring (bicyclic) bond motifs is 1. The van der Waals surface area contributed by atoms with Gasteiger partial charge in [-0.2, -0.15) is 5.10 Å². The maximum atomic E-state index is 5.96. The third kappa shape index (κ3) is 5.72. The van der Waals surface area contributed by atoms with Crippen LogP contribution in [-0.4, -0.2) is 53.6 Å². The van der Waals surface area contributed by atoms with E-state index in [9.17, 15) is 0 Å². The molecule has 2 N–H and O–H groups in total. The van der Waals surface area contributed by atoms with Crippen molar-refractivity contribution in [2.75, 3.05) is 20.7 Å². The minimum absolute atomic E-state index is 0. The number of guanidine groups is 1. The normalized spacial score (nSPS) is 17.3. The molecule has 2 unspecified atom stereocenters. The summed E-state index contributed by atoms with van der Waals surface area (Å²) in [4.78, 5) is 8.56. The van der Waals surface area contributed by atoms with E-state index in [0.29, 0.717) is 6.54 Å². The van der Waals surface area contributed by atoms with Crippen LogP contribution < -0.4 is 20.1 Å². The maximum absolute atomic E-state index is 5.96. The summed E-state index contributed by atoms with van der Waals surface area (Å²) >= 11 is 0. The number of para-hydroxylation sites is 2. The van der Waals surface area contributed by atoms with Gasteiger partial charge in [-0.05, 0) is 25.5 Å². The Bertz CT molecular complexity index is 751. The molecule has 9 heteroatoms. The SMILES string of the molecule is CN=C(NCC(C)Oc1ccccc1OC)NC1CCc2ncnn2C1.I. The summed E-state index contributed by atoms with van der Waals surface area (Å²) in [5.74, 6) is 3.27. The van der Waals surface area contributed by atoms with Crippen molar-refractivity contribution in [3.8, 4) is 11.5 Å². The zero-order chi connectivity index (χ0) is 18.4. The van der Waals surface area contributed by atoms with E-state index in [-0.39, 0.29) is 36.1 Å². The second kappa shape index (κ2) is 10.3. The Balaban J connectivity index is 0.00000261. The number of ether oxygens (including phenoxy) is 2. The predicted molar refractivity (Wildman–Crippen MR) is 115 cm³/mol. The van der Waals surface area contributed by atoms with Crippen LogP contribution in [-0.2, 0) is 13.0 Å². The van der Waals surface area contributed by atoms with Crippen LogP contribution >= 0.6 is 24.0 Å². The highest BCUT2D eigenvalue weighted by Crippen LogP contribution is 2.26. The summed E-state index contributed by atoms with van der Waals surface area (Å²) in [7, 11) is 3.41. The van der Waals surface area contributed by atoms with Gasteiger partial charge in [-0.1, -0.05) is 12.1 Å². The largest absolute Gasteiger partial charge is 0.493 e. The number of hydrogen-bond donors (Lipinski definition) is 2. The second-order valence-electron chi connectivity index (χ2n) is 6.27. The number of halogens is 1. The minimum atomic E-state index is -0.0434.